The zero-order chi connectivity index (χ0) is 10.0. The van der Waals surface area contributed by atoms with Crippen molar-refractivity contribution in [2.24, 2.45) is 0 Å². The molecule has 0 aromatic heterocycles. The van der Waals surface area contributed by atoms with Crippen molar-refractivity contribution in [3.63, 3.8) is 0 Å². The van der Waals surface area contributed by atoms with Crippen molar-refractivity contribution in [2.45, 2.75) is 40.5 Å². The summed E-state index contributed by atoms with van der Waals surface area (Å²) >= 11 is 0. The third kappa shape index (κ3) is 1.69. The summed E-state index contributed by atoms with van der Waals surface area (Å²) in [6, 6.07) is 2.06. The molecule has 0 fully saturated rings. The third-order valence-electron chi connectivity index (χ3n) is 2.64. The van der Waals surface area contributed by atoms with Gasteiger partial charge in [0.15, 0.2) is 0 Å². The fourth-order valence-electron chi connectivity index (χ4n) is 1.97. The molecule has 0 unspecified atom stereocenters. The van der Waals surface area contributed by atoms with Crippen molar-refractivity contribution in [1.82, 2.24) is 0 Å². The number of rotatable bonds is 2. The Kier molecular flexibility index (Phi) is 2.97. The van der Waals surface area contributed by atoms with Crippen molar-refractivity contribution >= 4 is 0 Å². The molecular formula is C12H18O. The van der Waals surface area contributed by atoms with Gasteiger partial charge < -0.3 is 5.11 Å². The average molecular weight is 178 g/mol. The normalized spacial score (nSPS) is 10.5. The van der Waals surface area contributed by atoms with E-state index in [0.29, 0.717) is 5.75 Å². The van der Waals surface area contributed by atoms with Crippen LogP contribution < -0.4 is 0 Å². The lowest BCUT2D eigenvalue weighted by Gasteiger charge is -2.13. The molecule has 13 heavy (non-hydrogen) atoms. The van der Waals surface area contributed by atoms with Gasteiger partial charge in [-0.1, -0.05) is 19.9 Å². The van der Waals surface area contributed by atoms with Gasteiger partial charge in [-0.05, 0) is 48.9 Å². The SMILES string of the molecule is CCc1c(C)cc(C)c(O)c1CC. The molecule has 0 aliphatic heterocycles. The number of phenols is 1. The largest absolute Gasteiger partial charge is 0.507 e. The summed E-state index contributed by atoms with van der Waals surface area (Å²) in [5.74, 6) is 0.491. The molecule has 1 aromatic carbocycles. The van der Waals surface area contributed by atoms with E-state index in [4.69, 9.17) is 0 Å². The van der Waals surface area contributed by atoms with Gasteiger partial charge >= 0.3 is 0 Å². The van der Waals surface area contributed by atoms with Crippen LogP contribution in [0.5, 0.6) is 5.75 Å². The molecule has 0 saturated carbocycles. The van der Waals surface area contributed by atoms with Crippen molar-refractivity contribution in [3.8, 4) is 5.75 Å². The van der Waals surface area contributed by atoms with Crippen LogP contribution in [0.25, 0.3) is 0 Å². The molecule has 0 spiro atoms. The summed E-state index contributed by atoms with van der Waals surface area (Å²) in [5.41, 5.74) is 4.73. The fourth-order valence-corrected chi connectivity index (χ4v) is 1.97. The smallest absolute Gasteiger partial charge is 0.121 e. The van der Waals surface area contributed by atoms with E-state index in [0.717, 1.165) is 24.0 Å². The van der Waals surface area contributed by atoms with E-state index in [2.05, 4.69) is 26.8 Å². The van der Waals surface area contributed by atoms with Crippen LogP contribution in [-0.4, -0.2) is 5.11 Å². The molecule has 72 valence electrons. The van der Waals surface area contributed by atoms with E-state index in [1.807, 2.05) is 6.92 Å². The Labute approximate surface area is 80.4 Å². The summed E-state index contributed by atoms with van der Waals surface area (Å²) in [6.07, 6.45) is 1.92. The number of hydrogen-bond acceptors (Lipinski definition) is 1. The molecule has 0 atom stereocenters. The molecule has 0 amide bonds. The molecule has 1 nitrogen and oxygen atoms in total. The second-order valence-corrected chi connectivity index (χ2v) is 3.52. The van der Waals surface area contributed by atoms with Gasteiger partial charge in [-0.15, -0.1) is 0 Å². The van der Waals surface area contributed by atoms with E-state index in [1.54, 1.807) is 0 Å². The summed E-state index contributed by atoms with van der Waals surface area (Å²) in [5, 5.41) is 9.83. The summed E-state index contributed by atoms with van der Waals surface area (Å²) < 4.78 is 0. The molecule has 0 radical (unpaired) electrons. The Balaban J connectivity index is 3.41. The second kappa shape index (κ2) is 3.82. The summed E-state index contributed by atoms with van der Waals surface area (Å²) in [6.45, 7) is 8.30. The van der Waals surface area contributed by atoms with Gasteiger partial charge in [0.05, 0.1) is 0 Å². The molecule has 0 aliphatic carbocycles. The van der Waals surface area contributed by atoms with Crippen molar-refractivity contribution in [2.75, 3.05) is 0 Å². The first-order valence-electron chi connectivity index (χ1n) is 4.92. The maximum Gasteiger partial charge on any atom is 0.121 e. The Hall–Kier alpha value is -0.980. The quantitative estimate of drug-likeness (QED) is 0.737. The van der Waals surface area contributed by atoms with Crippen LogP contribution >= 0.6 is 0 Å². The van der Waals surface area contributed by atoms with Gasteiger partial charge in [0, 0.05) is 0 Å². The molecule has 0 heterocycles. The highest BCUT2D eigenvalue weighted by Gasteiger charge is 2.10. The fraction of sp³-hybridized carbons (Fsp3) is 0.500. The monoisotopic (exact) mass is 178 g/mol. The van der Waals surface area contributed by atoms with Gasteiger partial charge in [-0.3, -0.25) is 0 Å². The Morgan fingerprint density at radius 2 is 1.54 bits per heavy atom. The molecule has 0 aliphatic rings. The first-order chi connectivity index (χ1) is 6.11. The summed E-state index contributed by atoms with van der Waals surface area (Å²) in [7, 11) is 0. The zero-order valence-corrected chi connectivity index (χ0v) is 8.94. The third-order valence-corrected chi connectivity index (χ3v) is 2.64. The van der Waals surface area contributed by atoms with Gasteiger partial charge in [0.25, 0.3) is 0 Å². The zero-order valence-electron chi connectivity index (χ0n) is 8.94. The number of hydrogen-bond donors (Lipinski definition) is 1. The highest BCUT2D eigenvalue weighted by atomic mass is 16.3. The lowest BCUT2D eigenvalue weighted by Crippen LogP contribution is -1.97. The first kappa shape index (κ1) is 10.1. The minimum Gasteiger partial charge on any atom is -0.507 e. The number of phenolic OH excluding ortho intramolecular Hbond substituents is 1. The van der Waals surface area contributed by atoms with Gasteiger partial charge in [0.1, 0.15) is 5.75 Å². The van der Waals surface area contributed by atoms with Crippen molar-refractivity contribution < 1.29 is 5.11 Å². The minimum atomic E-state index is 0.491. The van der Waals surface area contributed by atoms with Crippen LogP contribution in [0.3, 0.4) is 0 Å². The van der Waals surface area contributed by atoms with E-state index in [-0.39, 0.29) is 0 Å². The summed E-state index contributed by atoms with van der Waals surface area (Å²) in [4.78, 5) is 0. The molecule has 1 rings (SSSR count). The van der Waals surface area contributed by atoms with Crippen LogP contribution in [0.1, 0.15) is 36.1 Å². The molecule has 1 heteroatoms. The van der Waals surface area contributed by atoms with E-state index < -0.39 is 0 Å². The van der Waals surface area contributed by atoms with Crippen LogP contribution in [0.15, 0.2) is 6.07 Å². The predicted octanol–water partition coefficient (Wildman–Crippen LogP) is 3.13. The topological polar surface area (TPSA) is 20.2 Å². The maximum atomic E-state index is 9.83. The maximum absolute atomic E-state index is 9.83. The second-order valence-electron chi connectivity index (χ2n) is 3.52. The predicted molar refractivity (Wildman–Crippen MR) is 56.3 cm³/mol. The molecular weight excluding hydrogens is 160 g/mol. The van der Waals surface area contributed by atoms with Crippen LogP contribution in [0.2, 0.25) is 0 Å². The lowest BCUT2D eigenvalue weighted by molar-refractivity contribution is 0.463. The van der Waals surface area contributed by atoms with E-state index in [1.165, 1.54) is 11.1 Å². The van der Waals surface area contributed by atoms with E-state index in [9.17, 15) is 5.11 Å². The standard InChI is InChI=1S/C12H18O/c1-5-10-8(3)7-9(4)12(13)11(10)6-2/h7,13H,5-6H2,1-4H3. The Morgan fingerprint density at radius 1 is 1.00 bits per heavy atom. The molecule has 0 saturated heterocycles. The average Bonchev–Trinajstić information content (AvgIpc) is 2.10. The first-order valence-corrected chi connectivity index (χ1v) is 4.92. The van der Waals surface area contributed by atoms with Crippen molar-refractivity contribution in [3.05, 3.63) is 28.3 Å². The number of aromatic hydroxyl groups is 1. The number of benzene rings is 1. The van der Waals surface area contributed by atoms with Crippen LogP contribution in [-0.2, 0) is 12.8 Å². The van der Waals surface area contributed by atoms with Gasteiger partial charge in [0.2, 0.25) is 0 Å². The van der Waals surface area contributed by atoms with Crippen LogP contribution in [0, 0.1) is 13.8 Å². The minimum absolute atomic E-state index is 0.491. The van der Waals surface area contributed by atoms with E-state index >= 15 is 0 Å². The van der Waals surface area contributed by atoms with Crippen molar-refractivity contribution in [1.29, 1.82) is 0 Å². The Morgan fingerprint density at radius 3 is 2.00 bits per heavy atom. The highest BCUT2D eigenvalue weighted by Crippen LogP contribution is 2.29. The Bertz CT molecular complexity index is 313. The highest BCUT2D eigenvalue weighted by molar-refractivity contribution is 5.49. The molecule has 1 aromatic rings. The molecule has 0 bridgehead atoms. The van der Waals surface area contributed by atoms with Gasteiger partial charge in [-0.2, -0.15) is 0 Å². The number of aryl methyl sites for hydroxylation is 2. The van der Waals surface area contributed by atoms with Gasteiger partial charge in [-0.25, -0.2) is 0 Å². The molecule has 1 N–H and O–H groups in total. The van der Waals surface area contributed by atoms with Crippen LogP contribution in [0.4, 0.5) is 0 Å². The lowest BCUT2D eigenvalue weighted by atomic mass is 9.94.